The van der Waals surface area contributed by atoms with Gasteiger partial charge in [-0.2, -0.15) is 0 Å². The third-order valence-electron chi connectivity index (χ3n) is 3.44. The third-order valence-corrected chi connectivity index (χ3v) is 4.79. The maximum Gasteiger partial charge on any atom is 0.234 e. The molecule has 0 atom stereocenters. The fraction of sp³-hybridized carbons (Fsp3) is 0.118. The number of benzene rings is 2. The number of hydrogen-bond acceptors (Lipinski definition) is 5. The van der Waals surface area contributed by atoms with E-state index in [9.17, 15) is 9.90 Å². The molecule has 0 radical (unpaired) electrons. The molecule has 0 aliphatic carbocycles. The molecule has 6 nitrogen and oxygen atoms in total. The summed E-state index contributed by atoms with van der Waals surface area (Å²) in [7, 11) is 1.83. The molecule has 0 aliphatic heterocycles. The lowest BCUT2D eigenvalue weighted by atomic mass is 10.2. The number of carbonyl (C=O) groups is 1. The van der Waals surface area contributed by atoms with Crippen LogP contribution >= 0.6 is 23.4 Å². The summed E-state index contributed by atoms with van der Waals surface area (Å²) >= 11 is 7.31. The van der Waals surface area contributed by atoms with Crippen LogP contribution in [0.2, 0.25) is 5.02 Å². The van der Waals surface area contributed by atoms with Gasteiger partial charge in [-0.05, 0) is 36.4 Å². The number of hydrogen-bond donors (Lipinski definition) is 2. The molecule has 1 amide bonds. The van der Waals surface area contributed by atoms with Crippen LogP contribution in [0.1, 0.15) is 0 Å². The van der Waals surface area contributed by atoms with E-state index in [4.69, 9.17) is 11.6 Å². The van der Waals surface area contributed by atoms with Gasteiger partial charge in [0, 0.05) is 12.6 Å². The minimum absolute atomic E-state index is 0.174. The average Bonchev–Trinajstić information content (AvgIpc) is 2.97. The molecule has 128 valence electrons. The number of rotatable bonds is 5. The Morgan fingerprint density at radius 2 is 1.92 bits per heavy atom. The van der Waals surface area contributed by atoms with Crippen LogP contribution in [0.3, 0.4) is 0 Å². The first-order valence-corrected chi connectivity index (χ1v) is 8.77. The van der Waals surface area contributed by atoms with Crippen molar-refractivity contribution in [2.75, 3.05) is 11.1 Å². The van der Waals surface area contributed by atoms with E-state index in [1.54, 1.807) is 53.1 Å². The van der Waals surface area contributed by atoms with Crippen LogP contribution in [0, 0.1) is 0 Å². The van der Waals surface area contributed by atoms with Crippen molar-refractivity contribution in [3.05, 3.63) is 53.6 Å². The summed E-state index contributed by atoms with van der Waals surface area (Å²) < 4.78 is 1.81. The molecule has 1 heterocycles. The molecule has 3 aromatic rings. The van der Waals surface area contributed by atoms with Crippen molar-refractivity contribution in [1.29, 1.82) is 0 Å². The van der Waals surface area contributed by atoms with Gasteiger partial charge >= 0.3 is 0 Å². The Kier molecular flexibility index (Phi) is 5.25. The smallest absolute Gasteiger partial charge is 0.234 e. The molecular weight excluding hydrogens is 360 g/mol. The van der Waals surface area contributed by atoms with Crippen molar-refractivity contribution in [3.8, 4) is 17.1 Å². The van der Waals surface area contributed by atoms with Gasteiger partial charge in [0.15, 0.2) is 11.0 Å². The number of phenolic OH excluding ortho intramolecular Hbond substituents is 1. The van der Waals surface area contributed by atoms with Gasteiger partial charge in [-0.25, -0.2) is 0 Å². The highest BCUT2D eigenvalue weighted by molar-refractivity contribution is 7.99. The van der Waals surface area contributed by atoms with Gasteiger partial charge in [0.05, 0.1) is 16.5 Å². The molecule has 2 aromatic carbocycles. The summed E-state index contributed by atoms with van der Waals surface area (Å²) in [5.74, 6) is 0.866. The van der Waals surface area contributed by atoms with Gasteiger partial charge in [-0.15, -0.1) is 10.2 Å². The van der Waals surface area contributed by atoms with Crippen LogP contribution in [0.25, 0.3) is 11.4 Å². The van der Waals surface area contributed by atoms with Gasteiger partial charge in [0.2, 0.25) is 5.91 Å². The highest BCUT2D eigenvalue weighted by Crippen LogP contribution is 2.25. The monoisotopic (exact) mass is 374 g/mol. The summed E-state index contributed by atoms with van der Waals surface area (Å²) in [6.45, 7) is 0. The summed E-state index contributed by atoms with van der Waals surface area (Å²) in [6, 6.07) is 13.8. The van der Waals surface area contributed by atoms with Crippen molar-refractivity contribution in [1.82, 2.24) is 14.8 Å². The van der Waals surface area contributed by atoms with E-state index < -0.39 is 0 Å². The van der Waals surface area contributed by atoms with E-state index in [-0.39, 0.29) is 17.4 Å². The predicted octanol–water partition coefficient (Wildman–Crippen LogP) is 3.57. The fourth-order valence-electron chi connectivity index (χ4n) is 2.18. The molecule has 8 heteroatoms. The number of thioether (sulfide) groups is 1. The second-order valence-corrected chi connectivity index (χ2v) is 6.58. The highest BCUT2D eigenvalue weighted by Gasteiger charge is 2.13. The number of amides is 1. The SMILES string of the molecule is Cn1c(SCC(=O)Nc2ccccc2Cl)nnc1-c1ccc(O)cc1. The fourth-order valence-corrected chi connectivity index (χ4v) is 3.08. The van der Waals surface area contributed by atoms with Crippen molar-refractivity contribution >= 4 is 35.0 Å². The predicted molar refractivity (Wildman–Crippen MR) is 98.9 cm³/mol. The Bertz CT molecular complexity index is 896. The summed E-state index contributed by atoms with van der Waals surface area (Å²) in [5.41, 5.74) is 1.41. The Balaban J connectivity index is 1.65. The third kappa shape index (κ3) is 4.12. The molecule has 0 bridgehead atoms. The molecule has 1 aromatic heterocycles. The molecule has 0 spiro atoms. The van der Waals surface area contributed by atoms with Gasteiger partial charge in [-0.3, -0.25) is 4.79 Å². The molecule has 2 N–H and O–H groups in total. The number of carbonyl (C=O) groups excluding carboxylic acids is 1. The Labute approximate surface area is 153 Å². The Morgan fingerprint density at radius 3 is 2.64 bits per heavy atom. The Morgan fingerprint density at radius 1 is 1.20 bits per heavy atom. The van der Waals surface area contributed by atoms with Gasteiger partial charge in [0.25, 0.3) is 0 Å². The van der Waals surface area contributed by atoms with E-state index in [0.717, 1.165) is 5.56 Å². The number of halogens is 1. The maximum absolute atomic E-state index is 12.1. The molecule has 0 fully saturated rings. The van der Waals surface area contributed by atoms with Crippen LogP contribution in [-0.2, 0) is 11.8 Å². The minimum atomic E-state index is -0.174. The van der Waals surface area contributed by atoms with Crippen LogP contribution < -0.4 is 5.32 Å². The topological polar surface area (TPSA) is 80.0 Å². The van der Waals surface area contributed by atoms with Crippen molar-refractivity contribution in [2.24, 2.45) is 7.05 Å². The van der Waals surface area contributed by atoms with E-state index in [0.29, 0.717) is 21.7 Å². The standard InChI is InChI=1S/C17H15ClN4O2S/c1-22-16(11-6-8-12(23)9-7-11)20-21-17(22)25-10-15(24)19-14-5-3-2-4-13(14)18/h2-9,23H,10H2,1H3,(H,19,24). The molecule has 0 unspecified atom stereocenters. The zero-order chi connectivity index (χ0) is 17.8. The van der Waals surface area contributed by atoms with E-state index >= 15 is 0 Å². The normalized spacial score (nSPS) is 10.6. The summed E-state index contributed by atoms with van der Waals surface area (Å²) in [4.78, 5) is 12.1. The average molecular weight is 375 g/mol. The zero-order valence-electron chi connectivity index (χ0n) is 13.3. The summed E-state index contributed by atoms with van der Waals surface area (Å²) in [6.07, 6.45) is 0. The minimum Gasteiger partial charge on any atom is -0.508 e. The van der Waals surface area contributed by atoms with Crippen LogP contribution in [0.15, 0.2) is 53.7 Å². The first-order valence-electron chi connectivity index (χ1n) is 7.40. The van der Waals surface area contributed by atoms with Crippen LogP contribution in [-0.4, -0.2) is 31.5 Å². The number of anilines is 1. The number of aromatic nitrogens is 3. The van der Waals surface area contributed by atoms with Crippen LogP contribution in [0.5, 0.6) is 5.75 Å². The number of para-hydroxylation sites is 1. The summed E-state index contributed by atoms with van der Waals surface area (Å²) in [5, 5.41) is 21.5. The lowest BCUT2D eigenvalue weighted by Gasteiger charge is -2.07. The lowest BCUT2D eigenvalue weighted by molar-refractivity contribution is -0.113. The van der Waals surface area contributed by atoms with E-state index in [1.807, 2.05) is 7.05 Å². The number of phenols is 1. The quantitative estimate of drug-likeness (QED) is 0.667. The molecule has 0 aliphatic rings. The van der Waals surface area contributed by atoms with E-state index in [2.05, 4.69) is 15.5 Å². The van der Waals surface area contributed by atoms with Crippen molar-refractivity contribution in [2.45, 2.75) is 5.16 Å². The second kappa shape index (κ2) is 7.58. The Hall–Kier alpha value is -2.51. The number of nitrogens with zero attached hydrogens (tertiary/aromatic N) is 3. The number of nitrogens with one attached hydrogen (secondary N) is 1. The van der Waals surface area contributed by atoms with E-state index in [1.165, 1.54) is 11.8 Å². The zero-order valence-corrected chi connectivity index (χ0v) is 14.9. The number of aromatic hydroxyl groups is 1. The largest absolute Gasteiger partial charge is 0.508 e. The molecular formula is C17H15ClN4O2S. The maximum atomic E-state index is 12.1. The first-order chi connectivity index (χ1) is 12.0. The highest BCUT2D eigenvalue weighted by atomic mass is 35.5. The van der Waals surface area contributed by atoms with Crippen molar-refractivity contribution < 1.29 is 9.90 Å². The molecule has 0 saturated heterocycles. The molecule has 25 heavy (non-hydrogen) atoms. The van der Waals surface area contributed by atoms with Gasteiger partial charge in [-0.1, -0.05) is 35.5 Å². The molecule has 3 rings (SSSR count). The van der Waals surface area contributed by atoms with Crippen molar-refractivity contribution in [3.63, 3.8) is 0 Å². The van der Waals surface area contributed by atoms with Crippen LogP contribution in [0.4, 0.5) is 5.69 Å². The second-order valence-electron chi connectivity index (χ2n) is 5.23. The lowest BCUT2D eigenvalue weighted by Crippen LogP contribution is -2.14. The van der Waals surface area contributed by atoms with Gasteiger partial charge < -0.3 is 15.0 Å². The van der Waals surface area contributed by atoms with Gasteiger partial charge in [0.1, 0.15) is 5.75 Å². The first kappa shape index (κ1) is 17.3. The molecule has 0 saturated carbocycles.